The van der Waals surface area contributed by atoms with Gasteiger partial charge in [-0.15, -0.1) is 0 Å². The van der Waals surface area contributed by atoms with Crippen molar-refractivity contribution in [1.82, 2.24) is 5.32 Å². The number of amides is 1. The minimum absolute atomic E-state index is 0.451. The third kappa shape index (κ3) is 18.1. The molecule has 0 aromatic carbocycles. The molecular formula is C23H45NO4. The fourth-order valence-corrected chi connectivity index (χ4v) is 3.25. The van der Waals surface area contributed by atoms with Crippen LogP contribution in [0.4, 0.5) is 4.79 Å². The molecule has 0 aromatic heterocycles. The van der Waals surface area contributed by atoms with Gasteiger partial charge in [-0.05, 0) is 27.2 Å². The predicted octanol–water partition coefficient (Wildman–Crippen LogP) is 6.84. The lowest BCUT2D eigenvalue weighted by molar-refractivity contribution is -0.139. The van der Waals surface area contributed by atoms with Crippen molar-refractivity contribution in [1.29, 1.82) is 0 Å². The van der Waals surface area contributed by atoms with Crippen LogP contribution in [0.2, 0.25) is 0 Å². The van der Waals surface area contributed by atoms with E-state index in [1.807, 2.05) is 0 Å². The summed E-state index contributed by atoms with van der Waals surface area (Å²) >= 11 is 0. The quantitative estimate of drug-likeness (QED) is 0.263. The molecule has 0 fully saturated rings. The topological polar surface area (TPSA) is 75.6 Å². The number of carboxylic acids is 1. The van der Waals surface area contributed by atoms with Gasteiger partial charge in [-0.1, -0.05) is 96.8 Å². The van der Waals surface area contributed by atoms with Crippen LogP contribution in [0.5, 0.6) is 0 Å². The standard InChI is InChI=1S/C23H45NO4/c1-5-6-7-8-9-10-11-12-13-14-15-16-17-18-19-20(21(25)26)24-22(27)28-23(2,3)4/h20H,5-19H2,1-4H3,(H,24,27)(H,25,26). The summed E-state index contributed by atoms with van der Waals surface area (Å²) in [4.78, 5) is 23.0. The molecule has 1 amide bonds. The minimum Gasteiger partial charge on any atom is -0.480 e. The van der Waals surface area contributed by atoms with Gasteiger partial charge in [0.25, 0.3) is 0 Å². The monoisotopic (exact) mass is 399 g/mol. The third-order valence-corrected chi connectivity index (χ3v) is 4.84. The summed E-state index contributed by atoms with van der Waals surface area (Å²) < 4.78 is 5.13. The van der Waals surface area contributed by atoms with E-state index in [1.165, 1.54) is 70.6 Å². The Labute approximate surface area is 173 Å². The van der Waals surface area contributed by atoms with Gasteiger partial charge in [-0.25, -0.2) is 9.59 Å². The molecule has 0 rings (SSSR count). The summed E-state index contributed by atoms with van der Waals surface area (Å²) in [5.41, 5.74) is -0.623. The minimum atomic E-state index is -0.999. The number of rotatable bonds is 17. The molecule has 28 heavy (non-hydrogen) atoms. The normalized spacial score (nSPS) is 12.6. The number of nitrogens with one attached hydrogen (secondary N) is 1. The van der Waals surface area contributed by atoms with E-state index in [-0.39, 0.29) is 0 Å². The number of carboxylic acid groups (broad SMARTS) is 1. The maximum absolute atomic E-state index is 11.7. The molecule has 5 heteroatoms. The maximum atomic E-state index is 11.7. The van der Waals surface area contributed by atoms with E-state index in [9.17, 15) is 14.7 Å². The molecule has 0 aliphatic heterocycles. The summed E-state index contributed by atoms with van der Waals surface area (Å²) in [5.74, 6) is -0.999. The molecule has 1 unspecified atom stereocenters. The second-order valence-corrected chi connectivity index (χ2v) is 8.92. The molecule has 0 saturated heterocycles. The van der Waals surface area contributed by atoms with Crippen molar-refractivity contribution in [2.24, 2.45) is 0 Å². The summed E-state index contributed by atoms with van der Waals surface area (Å²) in [6, 6.07) is -0.868. The van der Waals surface area contributed by atoms with Crippen molar-refractivity contribution < 1.29 is 19.4 Å². The van der Waals surface area contributed by atoms with Gasteiger partial charge < -0.3 is 15.2 Å². The Morgan fingerprint density at radius 3 is 1.54 bits per heavy atom. The molecule has 0 bridgehead atoms. The summed E-state index contributed by atoms with van der Waals surface area (Å²) in [7, 11) is 0. The van der Waals surface area contributed by atoms with E-state index in [0.29, 0.717) is 6.42 Å². The molecule has 5 nitrogen and oxygen atoms in total. The summed E-state index contributed by atoms with van der Waals surface area (Å²) in [5, 5.41) is 11.7. The third-order valence-electron chi connectivity index (χ3n) is 4.84. The smallest absolute Gasteiger partial charge is 0.408 e. The van der Waals surface area contributed by atoms with Crippen LogP contribution in [0.15, 0.2) is 0 Å². The Bertz CT molecular complexity index is 404. The molecule has 1 atom stereocenters. The number of carbonyl (C=O) groups excluding carboxylic acids is 1. The molecule has 0 spiro atoms. The van der Waals surface area contributed by atoms with E-state index >= 15 is 0 Å². The second kappa shape index (κ2) is 16.7. The van der Waals surface area contributed by atoms with E-state index in [0.717, 1.165) is 19.3 Å². The number of aliphatic carboxylic acids is 1. The molecule has 0 saturated carbocycles. The van der Waals surface area contributed by atoms with E-state index in [4.69, 9.17) is 4.74 Å². The molecule has 0 heterocycles. The van der Waals surface area contributed by atoms with E-state index in [1.54, 1.807) is 20.8 Å². The second-order valence-electron chi connectivity index (χ2n) is 8.92. The van der Waals surface area contributed by atoms with Gasteiger partial charge in [0, 0.05) is 0 Å². The van der Waals surface area contributed by atoms with Crippen molar-refractivity contribution in [3.05, 3.63) is 0 Å². The Morgan fingerprint density at radius 2 is 1.18 bits per heavy atom. The maximum Gasteiger partial charge on any atom is 0.408 e. The van der Waals surface area contributed by atoms with Crippen LogP contribution >= 0.6 is 0 Å². The van der Waals surface area contributed by atoms with Gasteiger partial charge >= 0.3 is 12.1 Å². The molecule has 0 radical (unpaired) electrons. The van der Waals surface area contributed by atoms with Crippen LogP contribution in [-0.4, -0.2) is 28.8 Å². The van der Waals surface area contributed by atoms with Crippen molar-refractivity contribution in [2.45, 2.75) is 136 Å². The van der Waals surface area contributed by atoms with Gasteiger partial charge in [-0.2, -0.15) is 0 Å². The molecule has 2 N–H and O–H groups in total. The number of unbranched alkanes of at least 4 members (excludes halogenated alkanes) is 13. The fraction of sp³-hybridized carbons (Fsp3) is 0.913. The van der Waals surface area contributed by atoms with Crippen LogP contribution in [0, 0.1) is 0 Å². The molecular weight excluding hydrogens is 354 g/mol. The van der Waals surface area contributed by atoms with Gasteiger partial charge in [0.05, 0.1) is 0 Å². The Morgan fingerprint density at radius 1 is 0.786 bits per heavy atom. The number of carbonyl (C=O) groups is 2. The van der Waals surface area contributed by atoms with Gasteiger partial charge in [0.2, 0.25) is 0 Å². The Kier molecular flexibility index (Phi) is 15.9. The van der Waals surface area contributed by atoms with Crippen LogP contribution in [-0.2, 0) is 9.53 Å². The Hall–Kier alpha value is -1.26. The first-order valence-corrected chi connectivity index (χ1v) is 11.5. The molecule has 0 aromatic rings. The van der Waals surface area contributed by atoms with Gasteiger partial charge in [-0.3, -0.25) is 0 Å². The van der Waals surface area contributed by atoms with Crippen molar-refractivity contribution >= 4 is 12.1 Å². The number of alkyl carbamates (subject to hydrolysis) is 1. The first-order valence-electron chi connectivity index (χ1n) is 11.5. The highest BCUT2D eigenvalue weighted by Gasteiger charge is 2.23. The SMILES string of the molecule is CCCCCCCCCCCCCCCCC(NC(=O)OC(C)(C)C)C(=O)O. The zero-order valence-electron chi connectivity index (χ0n) is 18.9. The highest BCUT2D eigenvalue weighted by molar-refractivity contribution is 5.79. The molecule has 166 valence electrons. The molecule has 0 aliphatic carbocycles. The lowest BCUT2D eigenvalue weighted by Gasteiger charge is -2.22. The summed E-state index contributed by atoms with van der Waals surface area (Å²) in [6.45, 7) is 7.54. The first kappa shape index (κ1) is 26.7. The fourth-order valence-electron chi connectivity index (χ4n) is 3.25. The van der Waals surface area contributed by atoms with Crippen molar-refractivity contribution in [3.63, 3.8) is 0 Å². The zero-order valence-corrected chi connectivity index (χ0v) is 18.9. The highest BCUT2D eigenvalue weighted by Crippen LogP contribution is 2.14. The van der Waals surface area contributed by atoms with Crippen LogP contribution < -0.4 is 5.32 Å². The van der Waals surface area contributed by atoms with Gasteiger partial charge in [0.15, 0.2) is 0 Å². The average molecular weight is 400 g/mol. The molecule has 0 aliphatic rings. The highest BCUT2D eigenvalue weighted by atomic mass is 16.6. The zero-order chi connectivity index (χ0) is 21.3. The van der Waals surface area contributed by atoms with Crippen LogP contribution in [0.3, 0.4) is 0 Å². The largest absolute Gasteiger partial charge is 0.480 e. The number of ether oxygens (including phenoxy) is 1. The lowest BCUT2D eigenvalue weighted by Crippen LogP contribution is -2.43. The predicted molar refractivity (Wildman–Crippen MR) is 116 cm³/mol. The average Bonchev–Trinajstić information content (AvgIpc) is 2.59. The summed E-state index contributed by atoms with van der Waals surface area (Å²) in [6.07, 6.45) is 17.5. The van der Waals surface area contributed by atoms with Crippen LogP contribution in [0.1, 0.15) is 124 Å². The van der Waals surface area contributed by atoms with E-state index < -0.39 is 23.7 Å². The van der Waals surface area contributed by atoms with E-state index in [2.05, 4.69) is 12.2 Å². The first-order chi connectivity index (χ1) is 13.3. The number of hydrogen-bond donors (Lipinski definition) is 2. The van der Waals surface area contributed by atoms with Gasteiger partial charge in [0.1, 0.15) is 11.6 Å². The van der Waals surface area contributed by atoms with Crippen LogP contribution in [0.25, 0.3) is 0 Å². The van der Waals surface area contributed by atoms with Crippen molar-refractivity contribution in [2.75, 3.05) is 0 Å². The lowest BCUT2D eigenvalue weighted by atomic mass is 10.0. The Balaban J connectivity index is 3.58. The number of hydrogen-bond acceptors (Lipinski definition) is 3. The van der Waals surface area contributed by atoms with Crippen molar-refractivity contribution in [3.8, 4) is 0 Å².